The number of rotatable bonds is 6. The molecule has 3 aliphatic rings. The Kier molecular flexibility index (Phi) is 6.60. The Bertz CT molecular complexity index is 1220. The summed E-state index contributed by atoms with van der Waals surface area (Å²) in [6.07, 6.45) is 1.69. The molecule has 5 rings (SSSR count). The van der Waals surface area contributed by atoms with Crippen molar-refractivity contribution >= 4 is 45.1 Å². The zero-order chi connectivity index (χ0) is 24.7. The molecular weight excluding hydrogens is 539 g/mol. The second-order valence-electron chi connectivity index (χ2n) is 8.54. The summed E-state index contributed by atoms with van der Waals surface area (Å²) in [4.78, 5) is 40.0. The van der Waals surface area contributed by atoms with Gasteiger partial charge in [0.1, 0.15) is 11.9 Å². The monoisotopic (exact) mass is 562 g/mol. The van der Waals surface area contributed by atoms with Gasteiger partial charge in [-0.2, -0.15) is 0 Å². The second-order valence-corrected chi connectivity index (χ2v) is 10.3. The number of carboxylic acids is 1. The van der Waals surface area contributed by atoms with Crippen LogP contribution in [0.1, 0.15) is 23.5 Å². The zero-order valence-electron chi connectivity index (χ0n) is 18.9. The molecule has 1 aromatic carbocycles. The first kappa shape index (κ1) is 23.9. The number of aromatic nitrogens is 1. The summed E-state index contributed by atoms with van der Waals surface area (Å²) in [7, 11) is 0. The zero-order valence-corrected chi connectivity index (χ0v) is 21.4. The van der Waals surface area contributed by atoms with E-state index in [4.69, 9.17) is 4.99 Å². The standard InChI is InChI=1S/C23H24BrFN6O3S/c1-2-30-17(12-29-6-7-31-14(11-29)10-27-23(31)34)18(22(32)33)19(15-4-3-13(25)9-16(15)24)28-20(30)21-26-5-8-35-21/h3-5,8-9,14,19H,2,6-7,10-12H2,1H3,(H,27,34)(H,32,33)/t14-,19+/m1/s1. The number of carbonyl (C=O) groups is 2. The third-order valence-electron chi connectivity index (χ3n) is 6.53. The van der Waals surface area contributed by atoms with Gasteiger partial charge < -0.3 is 20.2 Å². The quantitative estimate of drug-likeness (QED) is 0.561. The number of carboxylic acid groups (broad SMARTS) is 1. The lowest BCUT2D eigenvalue weighted by molar-refractivity contribution is -0.133. The number of urea groups is 1. The lowest BCUT2D eigenvalue weighted by Crippen LogP contribution is -2.53. The van der Waals surface area contributed by atoms with Crippen molar-refractivity contribution in [2.45, 2.75) is 19.0 Å². The number of benzene rings is 1. The molecule has 0 bridgehead atoms. The average Bonchev–Trinajstić information content (AvgIpc) is 3.48. The summed E-state index contributed by atoms with van der Waals surface area (Å²) in [5.74, 6) is -0.896. The van der Waals surface area contributed by atoms with Crippen LogP contribution in [0, 0.1) is 5.82 Å². The predicted molar refractivity (Wildman–Crippen MR) is 133 cm³/mol. The van der Waals surface area contributed by atoms with Gasteiger partial charge >= 0.3 is 12.0 Å². The highest BCUT2D eigenvalue weighted by molar-refractivity contribution is 9.10. The van der Waals surface area contributed by atoms with Gasteiger partial charge in [-0.15, -0.1) is 11.3 Å². The van der Waals surface area contributed by atoms with Crippen LogP contribution in [0.4, 0.5) is 9.18 Å². The number of fused-ring (bicyclic) bond motifs is 1. The van der Waals surface area contributed by atoms with Crippen molar-refractivity contribution in [2.24, 2.45) is 4.99 Å². The Morgan fingerprint density at radius 3 is 2.89 bits per heavy atom. The molecule has 4 heterocycles. The molecule has 2 atom stereocenters. The van der Waals surface area contributed by atoms with Crippen LogP contribution in [0.25, 0.3) is 0 Å². The average molecular weight is 563 g/mol. The van der Waals surface area contributed by atoms with E-state index in [0.717, 1.165) is 0 Å². The Morgan fingerprint density at radius 1 is 1.37 bits per heavy atom. The molecule has 3 aliphatic heterocycles. The van der Waals surface area contributed by atoms with Gasteiger partial charge in [0, 0.05) is 61.0 Å². The highest BCUT2D eigenvalue weighted by atomic mass is 79.9. The van der Waals surface area contributed by atoms with Crippen LogP contribution >= 0.6 is 27.3 Å². The molecule has 2 amide bonds. The van der Waals surface area contributed by atoms with Crippen LogP contribution in [0.5, 0.6) is 0 Å². The lowest BCUT2D eigenvalue weighted by atomic mass is 9.94. The summed E-state index contributed by atoms with van der Waals surface area (Å²) < 4.78 is 14.3. The maximum atomic E-state index is 13.9. The number of aliphatic carboxylic acids is 1. The van der Waals surface area contributed by atoms with Crippen molar-refractivity contribution in [2.75, 3.05) is 39.3 Å². The number of carbonyl (C=O) groups excluding carboxylic acids is 1. The highest BCUT2D eigenvalue weighted by Crippen LogP contribution is 2.39. The molecule has 9 nitrogen and oxygen atoms in total. The molecule has 2 aromatic rings. The second kappa shape index (κ2) is 9.67. The summed E-state index contributed by atoms with van der Waals surface area (Å²) in [5.41, 5.74) is 1.36. The van der Waals surface area contributed by atoms with Crippen molar-refractivity contribution < 1.29 is 19.1 Å². The predicted octanol–water partition coefficient (Wildman–Crippen LogP) is 2.92. The van der Waals surface area contributed by atoms with Crippen molar-refractivity contribution in [3.05, 3.63) is 61.9 Å². The minimum atomic E-state index is -1.07. The molecular formula is C23H24BrFN6O3S. The van der Waals surface area contributed by atoms with Crippen LogP contribution in [0.3, 0.4) is 0 Å². The van der Waals surface area contributed by atoms with E-state index in [1.54, 1.807) is 12.3 Å². The number of aliphatic imine (C=N–C) groups is 1. The number of amidine groups is 1. The van der Waals surface area contributed by atoms with Crippen molar-refractivity contribution in [3.8, 4) is 0 Å². The maximum Gasteiger partial charge on any atom is 0.335 e. The van der Waals surface area contributed by atoms with Gasteiger partial charge in [-0.3, -0.25) is 9.89 Å². The number of likely N-dealkylation sites (N-methyl/N-ethyl adjacent to an activating group) is 1. The smallest absolute Gasteiger partial charge is 0.335 e. The van der Waals surface area contributed by atoms with Crippen LogP contribution in [-0.2, 0) is 4.79 Å². The number of halogens is 2. The Morgan fingerprint density at radius 2 is 2.20 bits per heavy atom. The molecule has 2 N–H and O–H groups in total. The maximum absolute atomic E-state index is 13.9. The molecule has 0 saturated carbocycles. The minimum absolute atomic E-state index is 0.0487. The van der Waals surface area contributed by atoms with Gasteiger partial charge in [-0.1, -0.05) is 22.0 Å². The van der Waals surface area contributed by atoms with Gasteiger partial charge in [-0.05, 0) is 24.6 Å². The number of thiazole rings is 1. The van der Waals surface area contributed by atoms with E-state index in [0.29, 0.717) is 65.8 Å². The molecule has 0 unspecified atom stereocenters. The third-order valence-corrected chi connectivity index (χ3v) is 7.99. The van der Waals surface area contributed by atoms with Gasteiger partial charge in [0.05, 0.1) is 11.6 Å². The van der Waals surface area contributed by atoms with Gasteiger partial charge in [-0.25, -0.2) is 19.0 Å². The Hall–Kier alpha value is -2.83. The molecule has 0 aliphatic carbocycles. The van der Waals surface area contributed by atoms with Gasteiger partial charge in [0.25, 0.3) is 0 Å². The highest BCUT2D eigenvalue weighted by Gasteiger charge is 2.40. The fourth-order valence-corrected chi connectivity index (χ4v) is 6.12. The van der Waals surface area contributed by atoms with Gasteiger partial charge in [0.15, 0.2) is 10.8 Å². The molecule has 184 valence electrons. The van der Waals surface area contributed by atoms with E-state index in [-0.39, 0.29) is 17.6 Å². The molecule has 2 fully saturated rings. The molecule has 2 saturated heterocycles. The first-order valence-corrected chi connectivity index (χ1v) is 13.0. The summed E-state index contributed by atoms with van der Waals surface area (Å²) in [6, 6.07) is 3.38. The topological polar surface area (TPSA) is 101 Å². The minimum Gasteiger partial charge on any atom is -0.478 e. The molecule has 0 spiro atoms. The van der Waals surface area contributed by atoms with Crippen molar-refractivity contribution in [3.63, 3.8) is 0 Å². The number of nitrogens with zero attached hydrogens (tertiary/aromatic N) is 5. The third kappa shape index (κ3) is 4.45. The number of nitrogens with one attached hydrogen (secondary N) is 1. The Labute approximate surface area is 214 Å². The van der Waals surface area contributed by atoms with Crippen molar-refractivity contribution in [1.29, 1.82) is 0 Å². The van der Waals surface area contributed by atoms with Crippen LogP contribution in [0.15, 0.2) is 50.5 Å². The molecule has 12 heteroatoms. The SMILES string of the molecule is CCN1C(c2nccs2)=N[C@@H](c2ccc(F)cc2Br)C(C(=O)O)=C1CN1CCN2C(=O)NC[C@@H]2C1. The number of amides is 2. The summed E-state index contributed by atoms with van der Waals surface area (Å²) in [5, 5.41) is 15.8. The van der Waals surface area contributed by atoms with E-state index in [2.05, 4.69) is 31.1 Å². The van der Waals surface area contributed by atoms with E-state index in [1.165, 1.54) is 23.5 Å². The normalized spacial score (nSPS) is 22.8. The molecule has 35 heavy (non-hydrogen) atoms. The first-order valence-electron chi connectivity index (χ1n) is 11.3. The number of piperazine rings is 1. The van der Waals surface area contributed by atoms with E-state index < -0.39 is 17.8 Å². The fraction of sp³-hybridized carbons (Fsp3) is 0.391. The number of hydrogen-bond acceptors (Lipinski definition) is 7. The molecule has 1 aromatic heterocycles. The van der Waals surface area contributed by atoms with E-state index >= 15 is 0 Å². The van der Waals surface area contributed by atoms with E-state index in [1.807, 2.05) is 22.1 Å². The van der Waals surface area contributed by atoms with E-state index in [9.17, 15) is 19.1 Å². The first-order chi connectivity index (χ1) is 16.9. The Balaban J connectivity index is 1.59. The number of hydrogen-bond donors (Lipinski definition) is 2. The van der Waals surface area contributed by atoms with Crippen LogP contribution in [-0.4, -0.2) is 87.9 Å². The lowest BCUT2D eigenvalue weighted by Gasteiger charge is -2.40. The summed E-state index contributed by atoms with van der Waals surface area (Å²) in [6.45, 7) is 5.27. The van der Waals surface area contributed by atoms with Crippen LogP contribution < -0.4 is 5.32 Å². The summed E-state index contributed by atoms with van der Waals surface area (Å²) >= 11 is 4.84. The van der Waals surface area contributed by atoms with Crippen LogP contribution in [0.2, 0.25) is 0 Å². The van der Waals surface area contributed by atoms with Crippen molar-refractivity contribution in [1.82, 2.24) is 25.0 Å². The van der Waals surface area contributed by atoms with Gasteiger partial charge in [0.2, 0.25) is 0 Å². The molecule has 0 radical (unpaired) electrons. The largest absolute Gasteiger partial charge is 0.478 e. The fourth-order valence-electron chi connectivity index (χ4n) is 4.92.